The predicted octanol–water partition coefficient (Wildman–Crippen LogP) is -0.565. The first-order valence-corrected chi connectivity index (χ1v) is 4.91. The lowest BCUT2D eigenvalue weighted by atomic mass is 10.4. The van der Waals surface area contributed by atoms with E-state index in [-0.39, 0.29) is 5.91 Å². The summed E-state index contributed by atoms with van der Waals surface area (Å²) in [5, 5.41) is 0. The Morgan fingerprint density at radius 2 is 2.07 bits per heavy atom. The van der Waals surface area contributed by atoms with Gasteiger partial charge in [0, 0.05) is 20.3 Å². The third-order valence-electron chi connectivity index (χ3n) is 1.74. The van der Waals surface area contributed by atoms with Crippen molar-refractivity contribution in [1.29, 1.82) is 0 Å². The van der Waals surface area contributed by atoms with E-state index in [0.29, 0.717) is 26.4 Å². The topological polar surface area (TPSA) is 82.8 Å². The molecule has 0 bridgehead atoms. The summed E-state index contributed by atoms with van der Waals surface area (Å²) in [5.74, 6) is 4.62. The van der Waals surface area contributed by atoms with Gasteiger partial charge in [-0.15, -0.1) is 0 Å². The van der Waals surface area contributed by atoms with Crippen LogP contribution in [0.15, 0.2) is 0 Å². The minimum Gasteiger partial charge on any atom is -0.382 e. The number of carbonyl (C=O) groups is 1. The number of amides is 1. The Morgan fingerprint density at radius 3 is 2.67 bits per heavy atom. The summed E-state index contributed by atoms with van der Waals surface area (Å²) in [5.41, 5.74) is 2.02. The Morgan fingerprint density at radius 1 is 1.33 bits per heavy atom. The van der Waals surface area contributed by atoms with Crippen LogP contribution in [0.2, 0.25) is 0 Å². The molecule has 0 rings (SSSR count). The van der Waals surface area contributed by atoms with Gasteiger partial charge >= 0.3 is 0 Å². The van der Waals surface area contributed by atoms with Crippen molar-refractivity contribution >= 4 is 5.91 Å². The Hall–Kier alpha value is -0.690. The van der Waals surface area contributed by atoms with Crippen LogP contribution < -0.4 is 11.3 Å². The van der Waals surface area contributed by atoms with Crippen LogP contribution in [-0.2, 0) is 19.0 Å². The molecule has 0 aliphatic rings. The molecule has 6 nitrogen and oxygen atoms in total. The van der Waals surface area contributed by atoms with E-state index in [2.05, 4.69) is 0 Å². The average Bonchev–Trinajstić information content (AvgIpc) is 2.26. The van der Waals surface area contributed by atoms with E-state index < -0.39 is 6.10 Å². The van der Waals surface area contributed by atoms with Crippen LogP contribution in [-0.4, -0.2) is 45.5 Å². The van der Waals surface area contributed by atoms with Crippen molar-refractivity contribution in [2.45, 2.75) is 19.4 Å². The van der Waals surface area contributed by atoms with Gasteiger partial charge in [-0.05, 0) is 13.3 Å². The van der Waals surface area contributed by atoms with Gasteiger partial charge in [0.25, 0.3) is 5.91 Å². The van der Waals surface area contributed by atoms with Gasteiger partial charge in [0.1, 0.15) is 6.10 Å². The minimum absolute atomic E-state index is 0.324. The van der Waals surface area contributed by atoms with Gasteiger partial charge in [-0.1, -0.05) is 0 Å². The molecule has 0 aliphatic carbocycles. The Balaban J connectivity index is 3.20. The Labute approximate surface area is 90.0 Å². The fourth-order valence-corrected chi connectivity index (χ4v) is 0.858. The zero-order valence-electron chi connectivity index (χ0n) is 9.32. The monoisotopic (exact) mass is 220 g/mol. The van der Waals surface area contributed by atoms with Gasteiger partial charge in [-0.3, -0.25) is 10.2 Å². The maximum atomic E-state index is 10.9. The van der Waals surface area contributed by atoms with Crippen molar-refractivity contribution < 1.29 is 19.0 Å². The smallest absolute Gasteiger partial charge is 0.262 e. The fourth-order valence-electron chi connectivity index (χ4n) is 0.858. The summed E-state index contributed by atoms with van der Waals surface area (Å²) in [7, 11) is 1.62. The highest BCUT2D eigenvalue weighted by atomic mass is 16.5. The standard InChI is InChI=1S/C9H20N2O4/c1-8(9(12)11-10)15-5-3-4-14-7-6-13-2/h8H,3-7,10H2,1-2H3,(H,11,12). The third kappa shape index (κ3) is 8.31. The van der Waals surface area contributed by atoms with Crippen molar-refractivity contribution in [3.8, 4) is 0 Å². The zero-order valence-corrected chi connectivity index (χ0v) is 9.32. The molecule has 1 atom stereocenters. The number of methoxy groups -OCH3 is 1. The molecule has 90 valence electrons. The van der Waals surface area contributed by atoms with Crippen LogP contribution in [0, 0.1) is 0 Å². The first-order valence-electron chi connectivity index (χ1n) is 4.91. The minimum atomic E-state index is -0.519. The summed E-state index contributed by atoms with van der Waals surface area (Å²) in [6, 6.07) is 0. The Kier molecular flexibility index (Phi) is 9.40. The molecule has 0 aromatic heterocycles. The summed E-state index contributed by atoms with van der Waals surface area (Å²) in [6.45, 7) is 3.89. The molecular formula is C9H20N2O4. The summed E-state index contributed by atoms with van der Waals surface area (Å²) in [6.07, 6.45) is 0.223. The van der Waals surface area contributed by atoms with Gasteiger partial charge in [-0.2, -0.15) is 0 Å². The lowest BCUT2D eigenvalue weighted by Crippen LogP contribution is -2.39. The van der Waals surface area contributed by atoms with Crippen LogP contribution in [0.3, 0.4) is 0 Å². The van der Waals surface area contributed by atoms with E-state index in [0.717, 1.165) is 6.42 Å². The van der Waals surface area contributed by atoms with Gasteiger partial charge in [0.05, 0.1) is 13.2 Å². The summed E-state index contributed by atoms with van der Waals surface area (Å²) >= 11 is 0. The first kappa shape index (κ1) is 14.3. The van der Waals surface area contributed by atoms with Crippen LogP contribution in [0.4, 0.5) is 0 Å². The third-order valence-corrected chi connectivity index (χ3v) is 1.74. The molecule has 3 N–H and O–H groups in total. The highest BCUT2D eigenvalue weighted by Gasteiger charge is 2.10. The molecule has 0 heterocycles. The van der Waals surface area contributed by atoms with Crippen molar-refractivity contribution in [2.75, 3.05) is 33.5 Å². The van der Waals surface area contributed by atoms with Crippen molar-refractivity contribution in [3.05, 3.63) is 0 Å². The van der Waals surface area contributed by atoms with Crippen molar-refractivity contribution in [2.24, 2.45) is 5.84 Å². The van der Waals surface area contributed by atoms with Crippen LogP contribution in [0.1, 0.15) is 13.3 Å². The van der Waals surface area contributed by atoms with Crippen LogP contribution >= 0.6 is 0 Å². The maximum Gasteiger partial charge on any atom is 0.262 e. The number of ether oxygens (including phenoxy) is 3. The number of hydrogen-bond donors (Lipinski definition) is 2. The van der Waals surface area contributed by atoms with E-state index in [1.165, 1.54) is 0 Å². The number of carbonyl (C=O) groups excluding carboxylic acids is 1. The van der Waals surface area contributed by atoms with E-state index in [1.807, 2.05) is 5.43 Å². The average molecular weight is 220 g/mol. The predicted molar refractivity (Wildman–Crippen MR) is 55.1 cm³/mol. The highest BCUT2D eigenvalue weighted by molar-refractivity contribution is 5.79. The van der Waals surface area contributed by atoms with Crippen LogP contribution in [0.5, 0.6) is 0 Å². The van der Waals surface area contributed by atoms with E-state index >= 15 is 0 Å². The molecule has 0 aliphatic heterocycles. The molecule has 15 heavy (non-hydrogen) atoms. The fraction of sp³-hybridized carbons (Fsp3) is 0.889. The van der Waals surface area contributed by atoms with Gasteiger partial charge in [0.2, 0.25) is 0 Å². The number of rotatable bonds is 9. The molecule has 0 saturated carbocycles. The number of nitrogens with one attached hydrogen (secondary N) is 1. The van der Waals surface area contributed by atoms with E-state index in [9.17, 15) is 4.79 Å². The lowest BCUT2D eigenvalue weighted by molar-refractivity contribution is -0.132. The first-order chi connectivity index (χ1) is 7.22. The van der Waals surface area contributed by atoms with Crippen LogP contribution in [0.25, 0.3) is 0 Å². The number of hydrazine groups is 1. The molecule has 0 spiro atoms. The molecule has 6 heteroatoms. The second kappa shape index (κ2) is 9.85. The number of nitrogens with two attached hydrogens (primary N) is 1. The van der Waals surface area contributed by atoms with Crippen molar-refractivity contribution in [1.82, 2.24) is 5.43 Å². The second-order valence-corrected chi connectivity index (χ2v) is 2.98. The molecular weight excluding hydrogens is 200 g/mol. The highest BCUT2D eigenvalue weighted by Crippen LogP contribution is 1.92. The zero-order chi connectivity index (χ0) is 11.5. The summed E-state index contributed by atoms with van der Waals surface area (Å²) in [4.78, 5) is 10.9. The van der Waals surface area contributed by atoms with Gasteiger partial charge in [-0.25, -0.2) is 5.84 Å². The van der Waals surface area contributed by atoms with Gasteiger partial charge < -0.3 is 14.2 Å². The maximum absolute atomic E-state index is 10.9. The Bertz CT molecular complexity index is 166. The number of hydrogen-bond acceptors (Lipinski definition) is 5. The van der Waals surface area contributed by atoms with Crippen molar-refractivity contribution in [3.63, 3.8) is 0 Å². The molecule has 0 aromatic carbocycles. The molecule has 0 fully saturated rings. The summed E-state index contributed by atoms with van der Waals surface area (Å²) < 4.78 is 15.2. The van der Waals surface area contributed by atoms with E-state index in [4.69, 9.17) is 20.1 Å². The largest absolute Gasteiger partial charge is 0.382 e. The molecule has 0 aromatic rings. The lowest BCUT2D eigenvalue weighted by Gasteiger charge is -2.10. The SMILES string of the molecule is COCCOCCCOC(C)C(=O)NN. The molecule has 1 unspecified atom stereocenters. The molecule has 1 amide bonds. The van der Waals surface area contributed by atoms with E-state index in [1.54, 1.807) is 14.0 Å². The normalized spacial score (nSPS) is 12.5. The van der Waals surface area contributed by atoms with Gasteiger partial charge in [0.15, 0.2) is 0 Å². The second-order valence-electron chi connectivity index (χ2n) is 2.98. The quantitative estimate of drug-likeness (QED) is 0.235. The molecule has 0 saturated heterocycles. The molecule has 0 radical (unpaired) electrons.